The summed E-state index contributed by atoms with van der Waals surface area (Å²) in [5.41, 5.74) is 5.82. The molecule has 6 rings (SSSR count). The van der Waals surface area contributed by atoms with E-state index in [1.54, 1.807) is 4.68 Å². The lowest BCUT2D eigenvalue weighted by Crippen LogP contribution is -2.41. The van der Waals surface area contributed by atoms with E-state index >= 15 is 0 Å². The molecule has 188 valence electrons. The minimum absolute atomic E-state index is 0.0404. The number of carbonyl (C=O) groups excluding carboxylic acids is 1. The van der Waals surface area contributed by atoms with E-state index in [0.717, 1.165) is 33.6 Å². The fourth-order valence-electron chi connectivity index (χ4n) is 5.38. The average Bonchev–Trinajstić information content (AvgIpc) is 3.60. The molecule has 1 fully saturated rings. The van der Waals surface area contributed by atoms with E-state index in [1.807, 2.05) is 84.8 Å². The van der Waals surface area contributed by atoms with E-state index in [0.29, 0.717) is 43.1 Å². The van der Waals surface area contributed by atoms with Gasteiger partial charge in [-0.3, -0.25) is 9.36 Å². The van der Waals surface area contributed by atoms with E-state index in [2.05, 4.69) is 11.1 Å². The smallest absolute Gasteiger partial charge is 0.326 e. The summed E-state index contributed by atoms with van der Waals surface area (Å²) in [5, 5.41) is 4.80. The molecule has 1 saturated heterocycles. The van der Waals surface area contributed by atoms with Crippen LogP contribution in [0.1, 0.15) is 46.3 Å². The van der Waals surface area contributed by atoms with Gasteiger partial charge < -0.3 is 14.3 Å². The number of benzene rings is 2. The minimum atomic E-state index is -0.0997. The molecule has 37 heavy (non-hydrogen) atoms. The second-order valence-corrected chi connectivity index (χ2v) is 9.87. The van der Waals surface area contributed by atoms with Gasteiger partial charge in [-0.2, -0.15) is 5.10 Å². The summed E-state index contributed by atoms with van der Waals surface area (Å²) in [5.74, 6) is 1.35. The van der Waals surface area contributed by atoms with Crippen LogP contribution in [0.4, 0.5) is 0 Å². The topological polar surface area (TPSA) is 89.1 Å². The molecule has 5 aromatic rings. The predicted octanol–water partition coefficient (Wildman–Crippen LogP) is 5.18. The first-order chi connectivity index (χ1) is 17.9. The maximum absolute atomic E-state index is 13.9. The van der Waals surface area contributed by atoms with Gasteiger partial charge in [0.1, 0.15) is 17.1 Å². The number of hydrogen-bond acceptors (Lipinski definition) is 4. The second kappa shape index (κ2) is 8.96. The van der Waals surface area contributed by atoms with Gasteiger partial charge in [0, 0.05) is 25.2 Å². The minimum Gasteiger partial charge on any atom is -0.460 e. The molecule has 0 aliphatic carbocycles. The van der Waals surface area contributed by atoms with Crippen LogP contribution in [0.2, 0.25) is 0 Å². The first-order valence-electron chi connectivity index (χ1n) is 12.6. The number of rotatable bonds is 4. The number of para-hydroxylation sites is 2. The second-order valence-electron chi connectivity index (χ2n) is 9.87. The summed E-state index contributed by atoms with van der Waals surface area (Å²) in [6.07, 6.45) is 1.41. The van der Waals surface area contributed by atoms with E-state index < -0.39 is 0 Å². The Balaban J connectivity index is 1.31. The zero-order valence-electron chi connectivity index (χ0n) is 21.2. The maximum atomic E-state index is 13.9. The molecular formula is C29H29N5O3. The van der Waals surface area contributed by atoms with Crippen LogP contribution in [0, 0.1) is 20.8 Å². The van der Waals surface area contributed by atoms with Gasteiger partial charge in [-0.1, -0.05) is 29.8 Å². The molecule has 1 aliphatic heterocycles. The summed E-state index contributed by atoms with van der Waals surface area (Å²) in [6.45, 7) is 7.08. The standard InChI is InChI=1S/C29H29N5O3/c1-18-8-10-24(19(2)16-18)34-26(17-23(31-34)27-11-9-20(3)37-27)28(35)32-14-12-21(13-15-32)33-25-7-5-4-6-22(25)30-29(33)36/h4-11,16-17,21H,12-15H2,1-3H3,(H,30,36). The summed E-state index contributed by atoms with van der Waals surface area (Å²) in [6, 6.07) is 19.5. The van der Waals surface area contributed by atoms with Crippen molar-refractivity contribution in [2.45, 2.75) is 39.7 Å². The van der Waals surface area contributed by atoms with E-state index in [9.17, 15) is 9.59 Å². The quantitative estimate of drug-likeness (QED) is 0.372. The Hall–Kier alpha value is -4.33. The Morgan fingerprint density at radius 2 is 1.78 bits per heavy atom. The first-order valence-corrected chi connectivity index (χ1v) is 12.6. The van der Waals surface area contributed by atoms with Crippen molar-refractivity contribution in [1.29, 1.82) is 0 Å². The third-order valence-electron chi connectivity index (χ3n) is 7.24. The molecule has 0 spiro atoms. The Morgan fingerprint density at radius 1 is 1.00 bits per heavy atom. The number of aromatic nitrogens is 4. The van der Waals surface area contributed by atoms with E-state index in [-0.39, 0.29) is 17.6 Å². The van der Waals surface area contributed by atoms with Crippen molar-refractivity contribution < 1.29 is 9.21 Å². The van der Waals surface area contributed by atoms with Gasteiger partial charge in [0.15, 0.2) is 5.76 Å². The van der Waals surface area contributed by atoms with Gasteiger partial charge in [-0.05, 0) is 69.5 Å². The number of aryl methyl sites for hydroxylation is 3. The lowest BCUT2D eigenvalue weighted by Gasteiger charge is -2.32. The number of piperidine rings is 1. The molecule has 8 nitrogen and oxygen atoms in total. The Labute approximate surface area is 214 Å². The fraction of sp³-hybridized carbons (Fsp3) is 0.276. The summed E-state index contributed by atoms with van der Waals surface area (Å²) in [7, 11) is 0. The SMILES string of the molecule is Cc1ccc(-n2nc(-c3ccc(C)o3)cc2C(=O)N2CCC(n3c(=O)[nH]c4ccccc43)CC2)c(C)c1. The third-order valence-corrected chi connectivity index (χ3v) is 7.24. The number of hydrogen-bond donors (Lipinski definition) is 1. The molecule has 0 atom stereocenters. The van der Waals surface area contributed by atoms with Crippen LogP contribution in [0.25, 0.3) is 28.2 Å². The number of imidazole rings is 1. The lowest BCUT2D eigenvalue weighted by atomic mass is 10.0. The van der Waals surface area contributed by atoms with Crippen molar-refractivity contribution in [3.8, 4) is 17.1 Å². The van der Waals surface area contributed by atoms with Gasteiger partial charge in [0.25, 0.3) is 5.91 Å². The summed E-state index contributed by atoms with van der Waals surface area (Å²) >= 11 is 0. The Bertz CT molecular complexity index is 1680. The number of amides is 1. The van der Waals surface area contributed by atoms with Crippen LogP contribution in [0.5, 0.6) is 0 Å². The molecule has 1 aliphatic rings. The number of nitrogens with one attached hydrogen (secondary N) is 1. The van der Waals surface area contributed by atoms with Gasteiger partial charge in [-0.25, -0.2) is 9.48 Å². The molecule has 0 bridgehead atoms. The molecule has 0 radical (unpaired) electrons. The van der Waals surface area contributed by atoms with Crippen LogP contribution in [0.3, 0.4) is 0 Å². The number of aromatic amines is 1. The van der Waals surface area contributed by atoms with Crippen molar-refractivity contribution in [3.63, 3.8) is 0 Å². The zero-order valence-corrected chi connectivity index (χ0v) is 21.2. The molecule has 0 saturated carbocycles. The van der Waals surface area contributed by atoms with Crippen molar-refractivity contribution in [1.82, 2.24) is 24.2 Å². The number of likely N-dealkylation sites (tertiary alicyclic amines) is 1. The first kappa shape index (κ1) is 23.1. The number of carbonyl (C=O) groups is 1. The number of H-pyrrole nitrogens is 1. The lowest BCUT2D eigenvalue weighted by molar-refractivity contribution is 0.0685. The third kappa shape index (κ3) is 4.08. The normalized spacial score (nSPS) is 14.5. The largest absolute Gasteiger partial charge is 0.460 e. The molecule has 1 N–H and O–H groups in total. The fourth-order valence-corrected chi connectivity index (χ4v) is 5.38. The zero-order chi connectivity index (χ0) is 25.7. The molecule has 2 aromatic carbocycles. The van der Waals surface area contributed by atoms with Crippen LogP contribution >= 0.6 is 0 Å². The molecule has 8 heteroatoms. The van der Waals surface area contributed by atoms with Crippen LogP contribution in [-0.2, 0) is 0 Å². The van der Waals surface area contributed by atoms with Crippen molar-refractivity contribution in [2.24, 2.45) is 0 Å². The van der Waals surface area contributed by atoms with Crippen molar-refractivity contribution in [3.05, 3.63) is 93.7 Å². The number of furan rings is 1. The summed E-state index contributed by atoms with van der Waals surface area (Å²) in [4.78, 5) is 31.3. The Morgan fingerprint density at radius 3 is 2.51 bits per heavy atom. The van der Waals surface area contributed by atoms with Gasteiger partial charge in [0.05, 0.1) is 16.7 Å². The highest BCUT2D eigenvalue weighted by Gasteiger charge is 2.29. The van der Waals surface area contributed by atoms with Crippen LogP contribution in [-0.4, -0.2) is 43.2 Å². The number of nitrogens with zero attached hydrogens (tertiary/aromatic N) is 4. The van der Waals surface area contributed by atoms with E-state index in [4.69, 9.17) is 9.52 Å². The van der Waals surface area contributed by atoms with Gasteiger partial charge in [0.2, 0.25) is 0 Å². The highest BCUT2D eigenvalue weighted by molar-refractivity contribution is 5.94. The molecule has 1 amide bonds. The maximum Gasteiger partial charge on any atom is 0.326 e. The van der Waals surface area contributed by atoms with Crippen molar-refractivity contribution in [2.75, 3.05) is 13.1 Å². The highest BCUT2D eigenvalue weighted by atomic mass is 16.3. The highest BCUT2D eigenvalue weighted by Crippen LogP contribution is 2.29. The van der Waals surface area contributed by atoms with E-state index in [1.165, 1.54) is 0 Å². The average molecular weight is 496 g/mol. The predicted molar refractivity (Wildman–Crippen MR) is 142 cm³/mol. The van der Waals surface area contributed by atoms with Gasteiger partial charge in [-0.15, -0.1) is 0 Å². The molecular weight excluding hydrogens is 466 g/mol. The molecule has 0 unspecified atom stereocenters. The van der Waals surface area contributed by atoms with Crippen LogP contribution in [0.15, 0.2) is 69.9 Å². The van der Waals surface area contributed by atoms with Crippen LogP contribution < -0.4 is 5.69 Å². The summed E-state index contributed by atoms with van der Waals surface area (Å²) < 4.78 is 9.39. The molecule has 4 heterocycles. The van der Waals surface area contributed by atoms with Gasteiger partial charge >= 0.3 is 5.69 Å². The molecule has 3 aromatic heterocycles. The Kier molecular flexibility index (Phi) is 5.59. The number of fused-ring (bicyclic) bond motifs is 1. The van der Waals surface area contributed by atoms with Crippen molar-refractivity contribution >= 4 is 16.9 Å². The monoisotopic (exact) mass is 495 g/mol.